The molecule has 0 aromatic heterocycles. The number of rotatable bonds is 7. The van der Waals surface area contributed by atoms with Crippen molar-refractivity contribution in [1.82, 2.24) is 0 Å². The first-order valence-electron chi connectivity index (χ1n) is 8.73. The Morgan fingerprint density at radius 2 is 1.64 bits per heavy atom. The maximum atomic E-state index is 13.3. The van der Waals surface area contributed by atoms with Crippen LogP contribution < -0.4 is 0 Å². The molecular weight excluding hydrogens is 369 g/mol. The third-order valence-corrected chi connectivity index (χ3v) is 4.66. The van der Waals surface area contributed by atoms with E-state index in [4.69, 9.17) is 4.74 Å². The Hall–Kier alpha value is -2.89. The Labute approximate surface area is 161 Å². The van der Waals surface area contributed by atoms with E-state index < -0.39 is 34.8 Å². The zero-order valence-electron chi connectivity index (χ0n) is 15.6. The van der Waals surface area contributed by atoms with Gasteiger partial charge < -0.3 is 4.74 Å². The van der Waals surface area contributed by atoms with Gasteiger partial charge >= 0.3 is 12.1 Å². The second-order valence-electron chi connectivity index (χ2n) is 6.45. The minimum Gasteiger partial charge on any atom is -0.465 e. The van der Waals surface area contributed by atoms with E-state index >= 15 is 0 Å². The zero-order valence-corrected chi connectivity index (χ0v) is 15.6. The van der Waals surface area contributed by atoms with Crippen LogP contribution >= 0.6 is 0 Å². The molecule has 0 amide bonds. The average Bonchev–Trinajstić information content (AvgIpc) is 2.68. The molecule has 0 heterocycles. The second kappa shape index (κ2) is 8.42. The van der Waals surface area contributed by atoms with Gasteiger partial charge in [-0.15, -0.1) is 6.58 Å². The van der Waals surface area contributed by atoms with Gasteiger partial charge in [0.1, 0.15) is 5.41 Å². The summed E-state index contributed by atoms with van der Waals surface area (Å²) in [6, 6.07) is 12.6. The minimum atomic E-state index is -4.48. The molecule has 3 nitrogen and oxygen atoms in total. The Morgan fingerprint density at radius 3 is 2.11 bits per heavy atom. The summed E-state index contributed by atoms with van der Waals surface area (Å²) in [6.45, 7) is 6.83. The molecule has 0 saturated carbocycles. The summed E-state index contributed by atoms with van der Waals surface area (Å²) >= 11 is 0. The fourth-order valence-electron chi connectivity index (χ4n) is 3.12. The molecule has 0 N–H and O–H groups in total. The van der Waals surface area contributed by atoms with Crippen molar-refractivity contribution < 1.29 is 27.5 Å². The van der Waals surface area contributed by atoms with E-state index in [0.29, 0.717) is 11.1 Å². The molecule has 0 unspecified atom stereocenters. The van der Waals surface area contributed by atoms with Crippen LogP contribution in [-0.2, 0) is 15.7 Å². The van der Waals surface area contributed by atoms with E-state index in [1.54, 1.807) is 37.3 Å². The zero-order chi connectivity index (χ0) is 20.9. The number of carbonyl (C=O) groups excluding carboxylic acids is 2. The number of carbonyl (C=O) groups is 2. The number of hydrogen-bond donors (Lipinski definition) is 0. The van der Waals surface area contributed by atoms with Crippen LogP contribution in [0.25, 0.3) is 0 Å². The number of esters is 1. The van der Waals surface area contributed by atoms with Crippen molar-refractivity contribution in [3.8, 4) is 0 Å². The first kappa shape index (κ1) is 21.4. The van der Waals surface area contributed by atoms with E-state index in [0.717, 1.165) is 12.1 Å². The van der Waals surface area contributed by atoms with Crippen LogP contribution in [-0.4, -0.2) is 18.4 Å². The van der Waals surface area contributed by atoms with E-state index in [2.05, 4.69) is 6.58 Å². The lowest BCUT2D eigenvalue weighted by atomic mass is 9.69. The topological polar surface area (TPSA) is 43.4 Å². The van der Waals surface area contributed by atoms with Crippen LogP contribution in [0.4, 0.5) is 13.2 Å². The fourth-order valence-corrected chi connectivity index (χ4v) is 3.12. The lowest BCUT2D eigenvalue weighted by Gasteiger charge is -2.33. The van der Waals surface area contributed by atoms with Crippen molar-refractivity contribution in [3.63, 3.8) is 0 Å². The highest BCUT2D eigenvalue weighted by atomic mass is 19.4. The van der Waals surface area contributed by atoms with Gasteiger partial charge in [0, 0.05) is 11.5 Å². The Kier molecular flexibility index (Phi) is 6.44. The number of Topliss-reactive ketones (excluding diaryl/α,β-unsaturated/α-hetero) is 1. The first-order chi connectivity index (χ1) is 13.2. The van der Waals surface area contributed by atoms with Crippen molar-refractivity contribution in [3.05, 3.63) is 83.9 Å². The van der Waals surface area contributed by atoms with Crippen molar-refractivity contribution in [2.75, 3.05) is 6.61 Å². The van der Waals surface area contributed by atoms with Crippen LogP contribution in [0, 0.1) is 5.41 Å². The maximum Gasteiger partial charge on any atom is 0.416 e. The molecule has 148 valence electrons. The molecule has 2 aromatic carbocycles. The Balaban J connectivity index is 2.55. The highest BCUT2D eigenvalue weighted by molar-refractivity contribution is 6.13. The molecule has 28 heavy (non-hydrogen) atoms. The normalized spacial score (nSPS) is 14.6. The summed E-state index contributed by atoms with van der Waals surface area (Å²) in [5.74, 6) is -2.12. The quantitative estimate of drug-likeness (QED) is 0.274. The minimum absolute atomic E-state index is 0.0629. The highest BCUT2D eigenvalue weighted by Crippen LogP contribution is 2.42. The van der Waals surface area contributed by atoms with Gasteiger partial charge in [-0.05, 0) is 31.5 Å². The predicted octanol–water partition coefficient (Wildman–Crippen LogP) is 5.43. The van der Waals surface area contributed by atoms with Gasteiger partial charge in [0.05, 0.1) is 12.2 Å². The summed E-state index contributed by atoms with van der Waals surface area (Å²) in [5, 5.41) is 0. The molecule has 2 aromatic rings. The van der Waals surface area contributed by atoms with Crippen molar-refractivity contribution in [2.45, 2.75) is 25.9 Å². The van der Waals surface area contributed by atoms with Gasteiger partial charge in [0.25, 0.3) is 0 Å². The Morgan fingerprint density at radius 1 is 1.07 bits per heavy atom. The SMILES string of the molecule is C=C[C@@H](c1ccc(C(F)(F)F)cc1)[C@@](C)(C(=O)OCC)C(=O)c1ccccc1. The van der Waals surface area contributed by atoms with Crippen LogP contribution in [0.5, 0.6) is 0 Å². The van der Waals surface area contributed by atoms with Crippen LogP contribution in [0.3, 0.4) is 0 Å². The van der Waals surface area contributed by atoms with Gasteiger partial charge in [-0.2, -0.15) is 13.2 Å². The predicted molar refractivity (Wildman–Crippen MR) is 99.9 cm³/mol. The molecule has 0 spiro atoms. The van der Waals surface area contributed by atoms with Gasteiger partial charge in [-0.1, -0.05) is 48.5 Å². The number of halogens is 3. The van der Waals surface area contributed by atoms with E-state index in [1.165, 1.54) is 25.1 Å². The summed E-state index contributed by atoms with van der Waals surface area (Å²) in [7, 11) is 0. The molecule has 2 atom stereocenters. The highest BCUT2D eigenvalue weighted by Gasteiger charge is 2.49. The molecule has 0 aliphatic heterocycles. The third kappa shape index (κ3) is 4.16. The molecule has 0 aliphatic carbocycles. The Bertz CT molecular complexity index is 842. The lowest BCUT2D eigenvalue weighted by molar-refractivity contribution is -0.152. The molecule has 2 rings (SSSR count). The van der Waals surface area contributed by atoms with Gasteiger partial charge in [0.2, 0.25) is 0 Å². The molecule has 0 bridgehead atoms. The average molecular weight is 390 g/mol. The van der Waals surface area contributed by atoms with Crippen molar-refractivity contribution >= 4 is 11.8 Å². The number of alkyl halides is 3. The van der Waals surface area contributed by atoms with Gasteiger partial charge in [-0.3, -0.25) is 9.59 Å². The first-order valence-corrected chi connectivity index (χ1v) is 8.73. The smallest absolute Gasteiger partial charge is 0.416 e. The monoisotopic (exact) mass is 390 g/mol. The standard InChI is InChI=1S/C22H21F3O3/c1-4-18(15-11-13-17(14-12-15)22(23,24)25)21(3,20(27)28-5-2)19(26)16-9-7-6-8-10-16/h4,6-14,18H,1,5H2,2-3H3/t18-,21+/m0/s1. The molecule has 0 aliphatic rings. The molecule has 0 radical (unpaired) electrons. The molecule has 0 saturated heterocycles. The molecule has 0 fully saturated rings. The van der Waals surface area contributed by atoms with Crippen LogP contribution in [0.1, 0.15) is 41.3 Å². The number of ketones is 1. The van der Waals surface area contributed by atoms with Crippen LogP contribution in [0.15, 0.2) is 67.3 Å². The number of allylic oxidation sites excluding steroid dienone is 1. The largest absolute Gasteiger partial charge is 0.465 e. The fraction of sp³-hybridized carbons (Fsp3) is 0.273. The summed E-state index contributed by atoms with van der Waals surface area (Å²) < 4.78 is 43.7. The van der Waals surface area contributed by atoms with Gasteiger partial charge in [-0.25, -0.2) is 0 Å². The maximum absolute atomic E-state index is 13.3. The summed E-state index contributed by atoms with van der Waals surface area (Å²) in [6.07, 6.45) is -3.09. The molecule has 6 heteroatoms. The number of benzene rings is 2. The molecular formula is C22H21F3O3. The van der Waals surface area contributed by atoms with Crippen molar-refractivity contribution in [2.24, 2.45) is 5.41 Å². The van der Waals surface area contributed by atoms with Gasteiger partial charge in [0.15, 0.2) is 5.78 Å². The second-order valence-corrected chi connectivity index (χ2v) is 6.45. The van der Waals surface area contributed by atoms with E-state index in [-0.39, 0.29) is 6.61 Å². The van der Waals surface area contributed by atoms with Crippen molar-refractivity contribution in [1.29, 1.82) is 0 Å². The lowest BCUT2D eigenvalue weighted by Crippen LogP contribution is -2.42. The third-order valence-electron chi connectivity index (χ3n) is 4.66. The summed E-state index contributed by atoms with van der Waals surface area (Å²) in [4.78, 5) is 26.1. The number of hydrogen-bond acceptors (Lipinski definition) is 3. The number of ether oxygens (including phenoxy) is 1. The van der Waals surface area contributed by atoms with E-state index in [9.17, 15) is 22.8 Å². The summed E-state index contributed by atoms with van der Waals surface area (Å²) in [5.41, 5.74) is -1.83. The van der Waals surface area contributed by atoms with Crippen LogP contribution in [0.2, 0.25) is 0 Å². The van der Waals surface area contributed by atoms with E-state index in [1.807, 2.05) is 0 Å².